The van der Waals surface area contributed by atoms with Crippen molar-refractivity contribution < 1.29 is 26.6 Å². The second-order valence-electron chi connectivity index (χ2n) is 13.9. The second-order valence-corrected chi connectivity index (χ2v) is 29.3. The monoisotopic (exact) mass is 710 g/mol. The highest BCUT2D eigenvalue weighted by Gasteiger charge is 2.41. The van der Waals surface area contributed by atoms with Crippen molar-refractivity contribution in [2.24, 2.45) is 0 Å². The van der Waals surface area contributed by atoms with Gasteiger partial charge in [0, 0.05) is 84.7 Å². The van der Waals surface area contributed by atoms with Gasteiger partial charge in [0.05, 0.1) is 0 Å². The van der Waals surface area contributed by atoms with E-state index in [1.165, 1.54) is 32.6 Å². The smallest absolute Gasteiger partial charge is 0.374 e. The first-order chi connectivity index (χ1) is 21.2. The van der Waals surface area contributed by atoms with Gasteiger partial charge in [-0.15, -0.1) is 0 Å². The average Bonchev–Trinajstić information content (AvgIpc) is 3.44. The molecule has 0 aromatic carbocycles. The van der Waals surface area contributed by atoms with Gasteiger partial charge in [0.25, 0.3) is 0 Å². The molecule has 2 aliphatic rings. The molecule has 2 heterocycles. The zero-order chi connectivity index (χ0) is 34.0. The summed E-state index contributed by atoms with van der Waals surface area (Å²) in [5.41, 5.74) is 0. The summed E-state index contributed by atoms with van der Waals surface area (Å²) in [6, 6.07) is 1.85. The predicted octanol–water partition coefficient (Wildman–Crippen LogP) is 6.06. The Morgan fingerprint density at radius 3 is 1.09 bits per heavy atom. The first-order valence-electron chi connectivity index (χ1n) is 18.0. The van der Waals surface area contributed by atoms with E-state index in [4.69, 9.17) is 26.6 Å². The van der Waals surface area contributed by atoms with E-state index in [0.29, 0.717) is 39.6 Å². The first kappa shape index (κ1) is 43.5. The van der Waals surface area contributed by atoms with Gasteiger partial charge < -0.3 is 35.7 Å². The molecule has 0 amide bonds. The molecule has 0 N–H and O–H groups in total. The molecule has 0 saturated carbocycles. The van der Waals surface area contributed by atoms with Crippen LogP contribution in [0.5, 0.6) is 0 Å². The summed E-state index contributed by atoms with van der Waals surface area (Å²) in [7, 11) is -7.26. The average molecular weight is 711 g/mol. The molecule has 0 radical (unpaired) electrons. The van der Waals surface area contributed by atoms with E-state index in [-0.39, 0.29) is 0 Å². The zero-order valence-electron chi connectivity index (χ0n) is 31.7. The Morgan fingerprint density at radius 1 is 0.444 bits per heavy atom. The lowest BCUT2D eigenvalue weighted by atomic mass is 10.3. The maximum atomic E-state index is 5.95. The van der Waals surface area contributed by atoms with E-state index in [2.05, 4.69) is 58.2 Å². The van der Waals surface area contributed by atoms with Gasteiger partial charge in [-0.25, -0.2) is 0 Å². The minimum absolute atomic E-state index is 0.666. The molecule has 0 aromatic rings. The molecular weight excluding hydrogens is 637 g/mol. The minimum atomic E-state index is -2.47. The van der Waals surface area contributed by atoms with Crippen molar-refractivity contribution in [1.29, 1.82) is 0 Å². The molecule has 2 saturated heterocycles. The normalized spacial score (nSPS) is 18.4. The maximum Gasteiger partial charge on any atom is 0.500 e. The van der Waals surface area contributed by atoms with Gasteiger partial charge in [0.1, 0.15) is 16.5 Å². The van der Waals surface area contributed by atoms with Gasteiger partial charge >= 0.3 is 17.6 Å². The summed E-state index contributed by atoms with van der Waals surface area (Å²) < 4.78 is 41.0. The highest BCUT2D eigenvalue weighted by Crippen LogP contribution is 2.22. The molecule has 0 aromatic heterocycles. The fourth-order valence-electron chi connectivity index (χ4n) is 6.01. The molecule has 10 nitrogen and oxygen atoms in total. The van der Waals surface area contributed by atoms with E-state index in [1.54, 1.807) is 0 Å². The lowest BCUT2D eigenvalue weighted by Crippen LogP contribution is -2.55. The Balaban J connectivity index is 0.000000450. The third kappa shape index (κ3) is 16.6. The number of hydrogen-bond acceptors (Lipinski definition) is 10. The Hall–Kier alpha value is 0.468. The highest BCUT2D eigenvalue weighted by atomic mass is 28.4. The summed E-state index contributed by atoms with van der Waals surface area (Å²) in [6.07, 6.45) is 3.47. The van der Waals surface area contributed by atoms with Crippen molar-refractivity contribution in [2.75, 3.05) is 92.2 Å². The number of nitrogens with zero attached hydrogens (tertiary/aromatic N) is 4. The fourth-order valence-corrected chi connectivity index (χ4v) is 14.0. The lowest BCUT2D eigenvalue weighted by molar-refractivity contribution is 0.0682. The van der Waals surface area contributed by atoms with E-state index in [9.17, 15) is 0 Å². The molecule has 0 atom stereocenters. The van der Waals surface area contributed by atoms with Crippen molar-refractivity contribution in [1.82, 2.24) is 18.9 Å². The van der Waals surface area contributed by atoms with Crippen molar-refractivity contribution in [3.63, 3.8) is 0 Å². The summed E-state index contributed by atoms with van der Waals surface area (Å²) in [4.78, 5) is 5.14. The van der Waals surface area contributed by atoms with Crippen molar-refractivity contribution >= 4 is 34.1 Å². The quantitative estimate of drug-likeness (QED) is 0.124. The van der Waals surface area contributed by atoms with Gasteiger partial charge in [-0.2, -0.15) is 0 Å². The van der Waals surface area contributed by atoms with Gasteiger partial charge in [0.15, 0.2) is 0 Å². The lowest BCUT2D eigenvalue weighted by Gasteiger charge is -2.42. The van der Waals surface area contributed by atoms with Crippen molar-refractivity contribution in [3.05, 3.63) is 0 Å². The molecule has 0 bridgehead atoms. The van der Waals surface area contributed by atoms with Crippen molar-refractivity contribution in [3.8, 4) is 0 Å². The van der Waals surface area contributed by atoms with Crippen LogP contribution in [0.3, 0.4) is 0 Å². The minimum Gasteiger partial charge on any atom is -0.374 e. The van der Waals surface area contributed by atoms with Crippen LogP contribution in [0.15, 0.2) is 0 Å². The first-order valence-corrected chi connectivity index (χ1v) is 28.8. The van der Waals surface area contributed by atoms with Crippen LogP contribution in [0.4, 0.5) is 0 Å². The largest absolute Gasteiger partial charge is 0.500 e. The third-order valence-electron chi connectivity index (χ3n) is 8.33. The Morgan fingerprint density at radius 2 is 0.778 bits per heavy atom. The molecule has 0 aliphatic carbocycles. The van der Waals surface area contributed by atoms with Crippen LogP contribution in [-0.4, -0.2) is 145 Å². The standard InChI is InChI=1S/C16H38N2O3Si2.C15H36N2O3Si2/c1-7-19-23(20-8-2,21-9-3)15-11-13-17-12-10-14-18(16-17)22(4,5)6;1-7-18-22(19-8-2,20-9-3)14-10-11-16-12-13-17(15-16)21(4,5)6/h7-16H2,1-6H3;7-15H2,1-6H3. The molecular formula is C31H74N4O6Si4. The number of rotatable bonds is 22. The van der Waals surface area contributed by atoms with Gasteiger partial charge in [-0.3, -0.25) is 9.80 Å². The summed E-state index contributed by atoms with van der Waals surface area (Å²) >= 11 is 0. The Kier molecular flexibility index (Phi) is 21.5. The SMILES string of the molecule is CCO[Si](CCCN1CCCN([Si](C)(C)C)C1)(OCC)OCC.CCO[Si](CCCN1CCN([Si](C)(C)C)C1)(OCC)OCC. The highest BCUT2D eigenvalue weighted by molar-refractivity contribution is 6.73. The molecule has 0 unspecified atom stereocenters. The second kappa shape index (κ2) is 22.2. The van der Waals surface area contributed by atoms with Crippen LogP contribution >= 0.6 is 0 Å². The number of hydrogen-bond donors (Lipinski definition) is 0. The van der Waals surface area contributed by atoms with Crippen LogP contribution in [0, 0.1) is 0 Å². The molecule has 270 valence electrons. The summed E-state index contributed by atoms with van der Waals surface area (Å²) in [6.45, 7) is 40.1. The van der Waals surface area contributed by atoms with E-state index in [0.717, 1.165) is 51.4 Å². The van der Waals surface area contributed by atoms with E-state index < -0.39 is 34.1 Å². The third-order valence-corrected chi connectivity index (χ3v) is 19.2. The van der Waals surface area contributed by atoms with Crippen LogP contribution in [0.1, 0.15) is 60.8 Å². The summed E-state index contributed by atoms with van der Waals surface area (Å²) in [5, 5.41) is 0. The molecule has 0 spiro atoms. The topological polar surface area (TPSA) is 68.3 Å². The van der Waals surface area contributed by atoms with Crippen molar-refractivity contribution in [2.45, 2.75) is 112 Å². The Bertz CT molecular complexity index is 729. The Labute approximate surface area is 283 Å². The molecule has 2 fully saturated rings. The molecule has 45 heavy (non-hydrogen) atoms. The van der Waals surface area contributed by atoms with E-state index >= 15 is 0 Å². The maximum absolute atomic E-state index is 5.95. The van der Waals surface area contributed by atoms with Gasteiger partial charge in [0.2, 0.25) is 0 Å². The molecule has 2 rings (SSSR count). The van der Waals surface area contributed by atoms with Gasteiger partial charge in [-0.05, 0) is 80.4 Å². The summed E-state index contributed by atoms with van der Waals surface area (Å²) in [5.74, 6) is 0. The van der Waals surface area contributed by atoms with Crippen LogP contribution in [0.2, 0.25) is 51.4 Å². The fraction of sp³-hybridized carbons (Fsp3) is 1.00. The van der Waals surface area contributed by atoms with Gasteiger partial charge in [-0.1, -0.05) is 39.3 Å². The van der Waals surface area contributed by atoms with Crippen LogP contribution in [0.25, 0.3) is 0 Å². The zero-order valence-corrected chi connectivity index (χ0v) is 35.7. The molecule has 2 aliphatic heterocycles. The van der Waals surface area contributed by atoms with E-state index in [1.807, 2.05) is 41.5 Å². The van der Waals surface area contributed by atoms with Crippen LogP contribution < -0.4 is 0 Å². The predicted molar refractivity (Wildman–Crippen MR) is 198 cm³/mol. The molecule has 14 heteroatoms. The van der Waals surface area contributed by atoms with Crippen LogP contribution in [-0.2, 0) is 26.6 Å².